The molecule has 0 spiro atoms. The van der Waals surface area contributed by atoms with Gasteiger partial charge in [0.1, 0.15) is 0 Å². The Morgan fingerprint density at radius 2 is 1.87 bits per heavy atom. The molecule has 2 aromatic carbocycles. The monoisotopic (exact) mass is 444 g/mol. The average Bonchev–Trinajstić information content (AvgIpc) is 3.15. The fourth-order valence-corrected chi connectivity index (χ4v) is 3.75. The number of benzene rings is 2. The molecule has 0 unspecified atom stereocenters. The zero-order valence-corrected chi connectivity index (χ0v) is 18.1. The SMILES string of the molecule is CN(C)S(=O)(=O)c1ccc(/C=C/C(=O)Nc2nccn2Cc2ccccc2Cl)cc1. The molecule has 30 heavy (non-hydrogen) atoms. The third kappa shape index (κ3) is 5.15. The molecule has 3 rings (SSSR count). The molecule has 0 atom stereocenters. The highest BCUT2D eigenvalue weighted by atomic mass is 35.5. The highest BCUT2D eigenvalue weighted by molar-refractivity contribution is 7.89. The predicted octanol–water partition coefficient (Wildman–Crippen LogP) is 3.49. The van der Waals surface area contributed by atoms with Gasteiger partial charge in [0.2, 0.25) is 16.0 Å². The Morgan fingerprint density at radius 3 is 2.53 bits per heavy atom. The number of amides is 1. The zero-order chi connectivity index (χ0) is 21.7. The maximum atomic E-state index is 12.3. The van der Waals surface area contributed by atoms with Crippen LogP contribution in [-0.4, -0.2) is 42.3 Å². The molecule has 0 fully saturated rings. The molecule has 0 aliphatic rings. The van der Waals surface area contributed by atoms with Gasteiger partial charge in [0, 0.05) is 37.6 Å². The molecular formula is C21H21ClN4O3S. The summed E-state index contributed by atoms with van der Waals surface area (Å²) in [5.74, 6) is 0.0450. The third-order valence-electron chi connectivity index (χ3n) is 4.33. The summed E-state index contributed by atoms with van der Waals surface area (Å²) in [6, 6.07) is 13.8. The van der Waals surface area contributed by atoms with Crippen molar-refractivity contribution < 1.29 is 13.2 Å². The van der Waals surface area contributed by atoms with Crippen LogP contribution in [-0.2, 0) is 21.4 Å². The Hall–Kier alpha value is -2.94. The van der Waals surface area contributed by atoms with E-state index in [1.165, 1.54) is 32.3 Å². The van der Waals surface area contributed by atoms with Crippen LogP contribution in [0.5, 0.6) is 0 Å². The molecule has 0 bridgehead atoms. The number of halogens is 1. The Kier molecular flexibility index (Phi) is 6.71. The summed E-state index contributed by atoms with van der Waals surface area (Å²) >= 11 is 6.20. The maximum Gasteiger partial charge on any atom is 0.250 e. The van der Waals surface area contributed by atoms with Crippen molar-refractivity contribution >= 4 is 39.6 Å². The van der Waals surface area contributed by atoms with Gasteiger partial charge in [-0.15, -0.1) is 0 Å². The Labute approximate surface area is 180 Å². The number of hydrogen-bond donors (Lipinski definition) is 1. The number of carbonyl (C=O) groups is 1. The molecule has 0 saturated heterocycles. The van der Waals surface area contributed by atoms with Gasteiger partial charge in [0.15, 0.2) is 0 Å². The van der Waals surface area contributed by atoms with E-state index in [2.05, 4.69) is 10.3 Å². The van der Waals surface area contributed by atoms with E-state index in [1.807, 2.05) is 24.3 Å². The standard InChI is InChI=1S/C21H21ClN4O3S/c1-25(2)30(28,29)18-10-7-16(8-11-18)9-12-20(27)24-21-23-13-14-26(21)15-17-5-3-4-6-19(17)22/h3-14H,15H2,1-2H3,(H,23,24,27)/b12-9+. The quantitative estimate of drug-likeness (QED) is 0.565. The van der Waals surface area contributed by atoms with Crippen molar-refractivity contribution in [1.29, 1.82) is 0 Å². The number of imidazole rings is 1. The van der Waals surface area contributed by atoms with E-state index < -0.39 is 10.0 Å². The number of carbonyl (C=O) groups excluding carboxylic acids is 1. The molecule has 0 saturated carbocycles. The normalized spacial score (nSPS) is 11.9. The minimum absolute atomic E-state index is 0.190. The van der Waals surface area contributed by atoms with Crippen molar-refractivity contribution in [2.24, 2.45) is 0 Å². The van der Waals surface area contributed by atoms with Gasteiger partial charge in [-0.25, -0.2) is 17.7 Å². The molecule has 1 amide bonds. The summed E-state index contributed by atoms with van der Waals surface area (Å²) in [6.07, 6.45) is 6.32. The molecule has 156 valence electrons. The van der Waals surface area contributed by atoms with Gasteiger partial charge in [-0.2, -0.15) is 0 Å². The number of nitrogens with zero attached hydrogens (tertiary/aromatic N) is 3. The van der Waals surface area contributed by atoms with E-state index in [9.17, 15) is 13.2 Å². The highest BCUT2D eigenvalue weighted by Crippen LogP contribution is 2.18. The summed E-state index contributed by atoms with van der Waals surface area (Å²) in [5.41, 5.74) is 1.61. The van der Waals surface area contributed by atoms with Gasteiger partial charge in [0.25, 0.3) is 5.91 Å². The second-order valence-electron chi connectivity index (χ2n) is 6.65. The van der Waals surface area contributed by atoms with Crippen molar-refractivity contribution in [2.45, 2.75) is 11.4 Å². The highest BCUT2D eigenvalue weighted by Gasteiger charge is 2.16. The van der Waals surface area contributed by atoms with Crippen molar-refractivity contribution in [3.8, 4) is 0 Å². The van der Waals surface area contributed by atoms with E-state index in [4.69, 9.17) is 11.6 Å². The van der Waals surface area contributed by atoms with Gasteiger partial charge in [-0.1, -0.05) is 41.9 Å². The average molecular weight is 445 g/mol. The topological polar surface area (TPSA) is 84.3 Å². The first-order chi connectivity index (χ1) is 14.3. The summed E-state index contributed by atoms with van der Waals surface area (Å²) in [6.45, 7) is 0.473. The lowest BCUT2D eigenvalue weighted by molar-refractivity contribution is -0.111. The first-order valence-corrected chi connectivity index (χ1v) is 10.9. The smallest absolute Gasteiger partial charge is 0.250 e. The first-order valence-electron chi connectivity index (χ1n) is 9.03. The second-order valence-corrected chi connectivity index (χ2v) is 9.21. The van der Waals surface area contributed by atoms with E-state index in [0.717, 1.165) is 9.87 Å². The number of hydrogen-bond acceptors (Lipinski definition) is 4. The number of anilines is 1. The molecule has 0 aliphatic heterocycles. The van der Waals surface area contributed by atoms with Crippen LogP contribution >= 0.6 is 11.6 Å². The van der Waals surface area contributed by atoms with Crippen molar-refractivity contribution in [3.05, 3.63) is 83.2 Å². The third-order valence-corrected chi connectivity index (χ3v) is 6.53. The number of rotatable bonds is 7. The van der Waals surface area contributed by atoms with Crippen LogP contribution < -0.4 is 5.32 Å². The molecule has 1 heterocycles. The minimum atomic E-state index is -3.48. The zero-order valence-electron chi connectivity index (χ0n) is 16.5. The Balaban J connectivity index is 1.66. The number of nitrogens with one attached hydrogen (secondary N) is 1. The van der Waals surface area contributed by atoms with Gasteiger partial charge in [-0.3, -0.25) is 10.1 Å². The largest absolute Gasteiger partial charge is 0.313 e. The summed E-state index contributed by atoms with van der Waals surface area (Å²) < 4.78 is 27.1. The van der Waals surface area contributed by atoms with E-state index >= 15 is 0 Å². The fourth-order valence-electron chi connectivity index (χ4n) is 2.66. The molecule has 1 N–H and O–H groups in total. The van der Waals surface area contributed by atoms with Crippen LogP contribution in [0, 0.1) is 0 Å². The van der Waals surface area contributed by atoms with Crippen LogP contribution in [0.1, 0.15) is 11.1 Å². The number of sulfonamides is 1. The summed E-state index contributed by atoms with van der Waals surface area (Å²) in [7, 11) is -0.533. The van der Waals surface area contributed by atoms with Crippen LogP contribution in [0.25, 0.3) is 6.08 Å². The van der Waals surface area contributed by atoms with E-state index in [1.54, 1.807) is 35.2 Å². The van der Waals surface area contributed by atoms with Crippen LogP contribution in [0.2, 0.25) is 5.02 Å². The number of aromatic nitrogens is 2. The molecule has 7 nitrogen and oxygen atoms in total. The second kappa shape index (κ2) is 9.25. The van der Waals surface area contributed by atoms with E-state index in [0.29, 0.717) is 23.1 Å². The van der Waals surface area contributed by atoms with Gasteiger partial charge >= 0.3 is 0 Å². The minimum Gasteiger partial charge on any atom is -0.313 e. The molecule has 0 aliphatic carbocycles. The lowest BCUT2D eigenvalue weighted by Gasteiger charge is -2.11. The fraction of sp³-hybridized carbons (Fsp3) is 0.143. The van der Waals surface area contributed by atoms with Gasteiger partial charge in [0.05, 0.1) is 11.4 Å². The maximum absolute atomic E-state index is 12.3. The van der Waals surface area contributed by atoms with Crippen LogP contribution in [0.15, 0.2) is 71.9 Å². The summed E-state index contributed by atoms with van der Waals surface area (Å²) in [4.78, 5) is 16.7. The molecular weight excluding hydrogens is 424 g/mol. The molecule has 0 radical (unpaired) electrons. The van der Waals surface area contributed by atoms with Gasteiger partial charge in [-0.05, 0) is 35.4 Å². The predicted molar refractivity (Wildman–Crippen MR) is 118 cm³/mol. The lowest BCUT2D eigenvalue weighted by atomic mass is 10.2. The first kappa shape index (κ1) is 21.8. The Bertz CT molecular complexity index is 1170. The van der Waals surface area contributed by atoms with E-state index in [-0.39, 0.29) is 10.8 Å². The molecule has 9 heteroatoms. The van der Waals surface area contributed by atoms with Crippen molar-refractivity contribution in [1.82, 2.24) is 13.9 Å². The van der Waals surface area contributed by atoms with Crippen LogP contribution in [0.3, 0.4) is 0 Å². The lowest BCUT2D eigenvalue weighted by Crippen LogP contribution is -2.22. The molecule has 3 aromatic rings. The van der Waals surface area contributed by atoms with Crippen LogP contribution in [0.4, 0.5) is 5.95 Å². The van der Waals surface area contributed by atoms with Gasteiger partial charge < -0.3 is 4.57 Å². The summed E-state index contributed by atoms with van der Waals surface area (Å²) in [5, 5.41) is 3.37. The molecule has 1 aromatic heterocycles. The Morgan fingerprint density at radius 1 is 1.17 bits per heavy atom. The van der Waals surface area contributed by atoms with Crippen molar-refractivity contribution in [3.63, 3.8) is 0 Å². The van der Waals surface area contributed by atoms with Crippen molar-refractivity contribution in [2.75, 3.05) is 19.4 Å².